The van der Waals surface area contributed by atoms with E-state index in [0.717, 1.165) is 32.6 Å². The molecule has 80 valence electrons. The topological polar surface area (TPSA) is 41.5 Å². The molecule has 0 saturated heterocycles. The molecule has 0 amide bonds. The van der Waals surface area contributed by atoms with Crippen molar-refractivity contribution in [2.24, 2.45) is 0 Å². The van der Waals surface area contributed by atoms with Crippen LogP contribution in [0.4, 0.5) is 0 Å². The summed E-state index contributed by atoms with van der Waals surface area (Å²) in [7, 11) is 0. The van der Waals surface area contributed by atoms with Gasteiger partial charge >= 0.3 is 0 Å². The lowest BCUT2D eigenvalue weighted by molar-refractivity contribution is 0.127. The first-order valence-corrected chi connectivity index (χ1v) is 5.06. The highest BCUT2D eigenvalue weighted by molar-refractivity contribution is 4.76. The quantitative estimate of drug-likeness (QED) is 0.563. The Morgan fingerprint density at radius 2 is 2.00 bits per heavy atom. The van der Waals surface area contributed by atoms with E-state index in [1.54, 1.807) is 0 Å². The fraction of sp³-hybridized carbons (Fsp3) is 1.00. The molecule has 0 spiro atoms. The molecule has 3 nitrogen and oxygen atoms in total. The molecule has 0 rings (SSSR count). The standard InChI is InChI=1S/C10H23NO2/c1-4-8-13-9-6-11-10(2,3)5-7-12/h11-12H,4-9H2,1-3H3. The van der Waals surface area contributed by atoms with Crippen LogP contribution in [0.2, 0.25) is 0 Å². The van der Waals surface area contributed by atoms with Crippen molar-refractivity contribution in [1.82, 2.24) is 5.32 Å². The molecule has 0 bridgehead atoms. The Hall–Kier alpha value is -0.120. The fourth-order valence-corrected chi connectivity index (χ4v) is 1.08. The predicted molar refractivity (Wildman–Crippen MR) is 54.9 cm³/mol. The van der Waals surface area contributed by atoms with Crippen LogP contribution in [-0.4, -0.2) is 37.0 Å². The number of aliphatic hydroxyl groups is 1. The molecule has 0 aromatic carbocycles. The third-order valence-corrected chi connectivity index (χ3v) is 1.94. The molecule has 0 aromatic rings. The Labute approximate surface area is 81.5 Å². The molecule has 0 fully saturated rings. The van der Waals surface area contributed by atoms with E-state index in [1.807, 2.05) is 0 Å². The third kappa shape index (κ3) is 8.22. The fourth-order valence-electron chi connectivity index (χ4n) is 1.08. The Balaban J connectivity index is 3.29. The first kappa shape index (κ1) is 12.9. The molecule has 0 aromatic heterocycles. The van der Waals surface area contributed by atoms with Gasteiger partial charge in [-0.05, 0) is 26.7 Å². The minimum Gasteiger partial charge on any atom is -0.396 e. The molecule has 0 atom stereocenters. The van der Waals surface area contributed by atoms with E-state index in [-0.39, 0.29) is 12.1 Å². The second kappa shape index (κ2) is 7.30. The highest BCUT2D eigenvalue weighted by Gasteiger charge is 2.14. The summed E-state index contributed by atoms with van der Waals surface area (Å²) in [4.78, 5) is 0. The van der Waals surface area contributed by atoms with Gasteiger partial charge in [-0.1, -0.05) is 6.92 Å². The highest BCUT2D eigenvalue weighted by Crippen LogP contribution is 2.05. The van der Waals surface area contributed by atoms with Crippen LogP contribution in [0.3, 0.4) is 0 Å². The monoisotopic (exact) mass is 189 g/mol. The molecule has 0 aliphatic rings. The number of ether oxygens (including phenoxy) is 1. The van der Waals surface area contributed by atoms with Crippen molar-refractivity contribution < 1.29 is 9.84 Å². The smallest absolute Gasteiger partial charge is 0.0591 e. The number of rotatable bonds is 8. The first-order chi connectivity index (χ1) is 6.12. The first-order valence-electron chi connectivity index (χ1n) is 5.06. The zero-order chi connectivity index (χ0) is 10.2. The molecule has 0 saturated carbocycles. The Morgan fingerprint density at radius 1 is 1.31 bits per heavy atom. The molecule has 0 aliphatic carbocycles. The Bertz CT molecular complexity index is 115. The summed E-state index contributed by atoms with van der Waals surface area (Å²) in [6.07, 6.45) is 1.85. The molecule has 13 heavy (non-hydrogen) atoms. The van der Waals surface area contributed by atoms with Gasteiger partial charge in [0.15, 0.2) is 0 Å². The van der Waals surface area contributed by atoms with Crippen molar-refractivity contribution in [2.75, 3.05) is 26.4 Å². The van der Waals surface area contributed by atoms with Gasteiger partial charge in [0, 0.05) is 25.3 Å². The van der Waals surface area contributed by atoms with Crippen LogP contribution in [0.15, 0.2) is 0 Å². The van der Waals surface area contributed by atoms with Gasteiger partial charge in [-0.25, -0.2) is 0 Å². The van der Waals surface area contributed by atoms with Gasteiger partial charge < -0.3 is 15.2 Å². The number of hydrogen-bond donors (Lipinski definition) is 2. The maximum Gasteiger partial charge on any atom is 0.0591 e. The van der Waals surface area contributed by atoms with Gasteiger partial charge in [-0.15, -0.1) is 0 Å². The van der Waals surface area contributed by atoms with Crippen LogP contribution in [0.5, 0.6) is 0 Å². The lowest BCUT2D eigenvalue weighted by Crippen LogP contribution is -2.41. The summed E-state index contributed by atoms with van der Waals surface area (Å²) in [5, 5.41) is 12.1. The second-order valence-corrected chi connectivity index (χ2v) is 3.90. The van der Waals surface area contributed by atoms with E-state index < -0.39 is 0 Å². The lowest BCUT2D eigenvalue weighted by Gasteiger charge is -2.25. The molecule has 0 aliphatic heterocycles. The molecule has 0 heterocycles. The lowest BCUT2D eigenvalue weighted by atomic mass is 10.0. The summed E-state index contributed by atoms with van der Waals surface area (Å²) in [5.41, 5.74) is 0.0182. The second-order valence-electron chi connectivity index (χ2n) is 3.90. The number of hydrogen-bond acceptors (Lipinski definition) is 3. The van der Waals surface area contributed by atoms with Crippen LogP contribution in [0.25, 0.3) is 0 Å². The highest BCUT2D eigenvalue weighted by atomic mass is 16.5. The summed E-state index contributed by atoms with van der Waals surface area (Å²) in [6, 6.07) is 0. The largest absolute Gasteiger partial charge is 0.396 e. The average molecular weight is 189 g/mol. The van der Waals surface area contributed by atoms with Crippen molar-refractivity contribution in [1.29, 1.82) is 0 Å². The van der Waals surface area contributed by atoms with Gasteiger partial charge in [0.1, 0.15) is 0 Å². The molecule has 3 heteroatoms. The van der Waals surface area contributed by atoms with Crippen molar-refractivity contribution in [2.45, 2.75) is 39.2 Å². The predicted octanol–water partition coefficient (Wildman–Crippen LogP) is 1.16. The van der Waals surface area contributed by atoms with E-state index >= 15 is 0 Å². The van der Waals surface area contributed by atoms with Crippen LogP contribution >= 0.6 is 0 Å². The van der Waals surface area contributed by atoms with E-state index in [2.05, 4.69) is 26.1 Å². The molecular weight excluding hydrogens is 166 g/mol. The number of aliphatic hydroxyl groups excluding tert-OH is 1. The average Bonchev–Trinajstić information content (AvgIpc) is 2.04. The van der Waals surface area contributed by atoms with Crippen molar-refractivity contribution in [3.05, 3.63) is 0 Å². The summed E-state index contributed by atoms with van der Waals surface area (Å²) < 4.78 is 5.33. The third-order valence-electron chi connectivity index (χ3n) is 1.94. The summed E-state index contributed by atoms with van der Waals surface area (Å²) >= 11 is 0. The number of nitrogens with one attached hydrogen (secondary N) is 1. The molecule has 0 radical (unpaired) electrons. The van der Waals surface area contributed by atoms with Crippen molar-refractivity contribution in [3.63, 3.8) is 0 Å². The van der Waals surface area contributed by atoms with E-state index in [0.29, 0.717) is 0 Å². The Kier molecular flexibility index (Phi) is 7.23. The maximum atomic E-state index is 8.77. The van der Waals surface area contributed by atoms with Gasteiger partial charge in [0.2, 0.25) is 0 Å². The van der Waals surface area contributed by atoms with E-state index in [1.165, 1.54) is 0 Å². The molecular formula is C10H23NO2. The van der Waals surface area contributed by atoms with Gasteiger partial charge in [-0.2, -0.15) is 0 Å². The maximum absolute atomic E-state index is 8.77. The van der Waals surface area contributed by atoms with Crippen LogP contribution in [-0.2, 0) is 4.74 Å². The summed E-state index contributed by atoms with van der Waals surface area (Å²) in [6.45, 7) is 8.95. The minimum absolute atomic E-state index is 0.0182. The van der Waals surface area contributed by atoms with Gasteiger partial charge in [-0.3, -0.25) is 0 Å². The van der Waals surface area contributed by atoms with Crippen LogP contribution in [0.1, 0.15) is 33.6 Å². The minimum atomic E-state index is 0.0182. The Morgan fingerprint density at radius 3 is 2.54 bits per heavy atom. The zero-order valence-electron chi connectivity index (χ0n) is 9.10. The van der Waals surface area contributed by atoms with Gasteiger partial charge in [0.25, 0.3) is 0 Å². The van der Waals surface area contributed by atoms with Crippen molar-refractivity contribution >= 4 is 0 Å². The molecule has 0 unspecified atom stereocenters. The normalized spacial score (nSPS) is 12.0. The summed E-state index contributed by atoms with van der Waals surface area (Å²) in [5.74, 6) is 0. The SMILES string of the molecule is CCCOCCNC(C)(C)CCO. The molecule has 2 N–H and O–H groups in total. The van der Waals surface area contributed by atoms with Crippen LogP contribution in [0, 0.1) is 0 Å². The van der Waals surface area contributed by atoms with Crippen molar-refractivity contribution in [3.8, 4) is 0 Å². The zero-order valence-corrected chi connectivity index (χ0v) is 9.10. The van der Waals surface area contributed by atoms with E-state index in [4.69, 9.17) is 9.84 Å². The van der Waals surface area contributed by atoms with E-state index in [9.17, 15) is 0 Å². The van der Waals surface area contributed by atoms with Gasteiger partial charge in [0.05, 0.1) is 6.61 Å². The van der Waals surface area contributed by atoms with Crippen LogP contribution < -0.4 is 5.32 Å².